The second-order valence-corrected chi connectivity index (χ2v) is 4.73. The number of aryl methyl sites for hydroxylation is 1. The van der Waals surface area contributed by atoms with Crippen molar-refractivity contribution in [3.05, 3.63) is 58.5 Å². The number of furan rings is 1. The molecule has 78 valence electrons. The lowest BCUT2D eigenvalue weighted by Crippen LogP contribution is -1.92. The van der Waals surface area contributed by atoms with Crippen LogP contribution in [0.2, 0.25) is 5.02 Å². The molecule has 0 bridgehead atoms. The predicted octanol–water partition coefficient (Wildman–Crippen LogP) is 4.73. The maximum absolute atomic E-state index is 5.83. The van der Waals surface area contributed by atoms with Gasteiger partial charge in [-0.2, -0.15) is 0 Å². The first-order chi connectivity index (χ1) is 7.18. The molecule has 0 fully saturated rings. The predicted molar refractivity (Wildman–Crippen MR) is 65.7 cm³/mol. The van der Waals surface area contributed by atoms with Gasteiger partial charge in [-0.25, -0.2) is 0 Å². The molecular weight excluding hydrogens is 275 g/mol. The molecule has 0 aliphatic carbocycles. The van der Waals surface area contributed by atoms with E-state index in [4.69, 9.17) is 16.0 Å². The quantitative estimate of drug-likeness (QED) is 0.727. The van der Waals surface area contributed by atoms with Gasteiger partial charge in [-0.1, -0.05) is 39.7 Å². The van der Waals surface area contributed by atoms with Crippen LogP contribution in [0, 0.1) is 6.92 Å². The zero-order valence-corrected chi connectivity index (χ0v) is 10.5. The monoisotopic (exact) mass is 284 g/mol. The van der Waals surface area contributed by atoms with Crippen LogP contribution in [0.5, 0.6) is 0 Å². The van der Waals surface area contributed by atoms with Crippen molar-refractivity contribution in [2.75, 3.05) is 0 Å². The molecule has 0 aliphatic heterocycles. The van der Waals surface area contributed by atoms with E-state index in [0.717, 1.165) is 21.9 Å². The summed E-state index contributed by atoms with van der Waals surface area (Å²) in [7, 11) is 0. The average molecular weight is 286 g/mol. The first kappa shape index (κ1) is 10.8. The van der Waals surface area contributed by atoms with Gasteiger partial charge in [0.25, 0.3) is 0 Å². The molecule has 0 aliphatic rings. The van der Waals surface area contributed by atoms with Crippen LogP contribution in [0.25, 0.3) is 0 Å². The molecule has 0 spiro atoms. The van der Waals surface area contributed by atoms with Crippen molar-refractivity contribution in [1.29, 1.82) is 0 Å². The van der Waals surface area contributed by atoms with Crippen molar-refractivity contribution in [1.82, 2.24) is 0 Å². The Labute approximate surface area is 102 Å². The zero-order chi connectivity index (χ0) is 10.8. The Bertz CT molecular complexity index is 447. The lowest BCUT2D eigenvalue weighted by atomic mass is 10.1. The average Bonchev–Trinajstić information content (AvgIpc) is 2.65. The van der Waals surface area contributed by atoms with Gasteiger partial charge in [0, 0.05) is 5.02 Å². The maximum Gasteiger partial charge on any atom is 0.124 e. The summed E-state index contributed by atoms with van der Waals surface area (Å²) in [6, 6.07) is 9.69. The van der Waals surface area contributed by atoms with E-state index >= 15 is 0 Å². The minimum absolute atomic E-state index is 0.0877. The van der Waals surface area contributed by atoms with Crippen molar-refractivity contribution in [3.63, 3.8) is 0 Å². The maximum atomic E-state index is 5.83. The van der Waals surface area contributed by atoms with Crippen molar-refractivity contribution < 1.29 is 4.42 Å². The van der Waals surface area contributed by atoms with Crippen molar-refractivity contribution >= 4 is 27.5 Å². The number of benzene rings is 1. The molecule has 0 saturated heterocycles. The summed E-state index contributed by atoms with van der Waals surface area (Å²) in [5.41, 5.74) is 2.28. The second kappa shape index (κ2) is 4.42. The minimum Gasteiger partial charge on any atom is -0.468 e. The Balaban J connectivity index is 2.32. The molecule has 1 heterocycles. The first-order valence-electron chi connectivity index (χ1n) is 4.62. The highest BCUT2D eigenvalue weighted by atomic mass is 79.9. The molecule has 1 aromatic carbocycles. The van der Waals surface area contributed by atoms with E-state index in [-0.39, 0.29) is 4.83 Å². The summed E-state index contributed by atoms with van der Waals surface area (Å²) in [5.74, 6) is 0.942. The van der Waals surface area contributed by atoms with E-state index in [1.54, 1.807) is 6.26 Å². The Morgan fingerprint density at radius 1 is 1.20 bits per heavy atom. The molecule has 15 heavy (non-hydrogen) atoms. The molecule has 2 aromatic rings. The number of alkyl halides is 1. The van der Waals surface area contributed by atoms with Crippen LogP contribution in [0.4, 0.5) is 0 Å². The summed E-state index contributed by atoms with van der Waals surface area (Å²) < 4.78 is 5.43. The van der Waals surface area contributed by atoms with Gasteiger partial charge in [-0.05, 0) is 36.2 Å². The fourth-order valence-electron chi connectivity index (χ4n) is 1.43. The molecule has 2 rings (SSSR count). The van der Waals surface area contributed by atoms with E-state index in [1.165, 1.54) is 0 Å². The molecule has 1 nitrogen and oxygen atoms in total. The van der Waals surface area contributed by atoms with Crippen LogP contribution >= 0.6 is 27.5 Å². The number of halogens is 2. The van der Waals surface area contributed by atoms with Crippen LogP contribution in [-0.4, -0.2) is 0 Å². The van der Waals surface area contributed by atoms with Crippen molar-refractivity contribution in [2.24, 2.45) is 0 Å². The molecule has 0 N–H and O–H groups in total. The van der Waals surface area contributed by atoms with Gasteiger partial charge in [-0.15, -0.1) is 0 Å². The molecule has 0 saturated carbocycles. The van der Waals surface area contributed by atoms with Gasteiger partial charge in [-0.3, -0.25) is 0 Å². The number of rotatable bonds is 2. The van der Waals surface area contributed by atoms with Crippen LogP contribution in [0.1, 0.15) is 21.7 Å². The van der Waals surface area contributed by atoms with Crippen LogP contribution in [0.15, 0.2) is 41.0 Å². The molecule has 1 atom stereocenters. The third kappa shape index (κ3) is 2.27. The SMILES string of the molecule is Cc1ccoc1C(Br)c1ccc(Cl)cc1. The van der Waals surface area contributed by atoms with E-state index in [0.29, 0.717) is 0 Å². The highest BCUT2D eigenvalue weighted by Gasteiger charge is 2.15. The van der Waals surface area contributed by atoms with Gasteiger partial charge >= 0.3 is 0 Å². The fraction of sp³-hybridized carbons (Fsp3) is 0.167. The molecule has 1 unspecified atom stereocenters. The van der Waals surface area contributed by atoms with E-state index in [1.807, 2.05) is 37.3 Å². The van der Waals surface area contributed by atoms with Gasteiger partial charge in [0.2, 0.25) is 0 Å². The molecule has 0 radical (unpaired) electrons. The molecule has 0 amide bonds. The van der Waals surface area contributed by atoms with Crippen molar-refractivity contribution in [3.8, 4) is 0 Å². The smallest absolute Gasteiger partial charge is 0.124 e. The van der Waals surface area contributed by atoms with Gasteiger partial charge < -0.3 is 4.42 Å². The molecule has 1 aromatic heterocycles. The zero-order valence-electron chi connectivity index (χ0n) is 8.21. The Morgan fingerprint density at radius 2 is 1.87 bits per heavy atom. The Hall–Kier alpha value is -0.730. The normalized spacial score (nSPS) is 12.7. The van der Waals surface area contributed by atoms with Crippen molar-refractivity contribution in [2.45, 2.75) is 11.8 Å². The van der Waals surface area contributed by atoms with E-state index < -0.39 is 0 Å². The summed E-state index contributed by atoms with van der Waals surface area (Å²) in [5, 5.41) is 0.745. The lowest BCUT2D eigenvalue weighted by Gasteiger charge is -2.08. The lowest BCUT2D eigenvalue weighted by molar-refractivity contribution is 0.517. The van der Waals surface area contributed by atoms with E-state index in [2.05, 4.69) is 15.9 Å². The second-order valence-electron chi connectivity index (χ2n) is 3.38. The van der Waals surface area contributed by atoms with Gasteiger partial charge in [0.05, 0.1) is 11.1 Å². The van der Waals surface area contributed by atoms with Crippen LogP contribution in [-0.2, 0) is 0 Å². The van der Waals surface area contributed by atoms with E-state index in [9.17, 15) is 0 Å². The highest BCUT2D eigenvalue weighted by Crippen LogP contribution is 2.33. The molecular formula is C12H10BrClO. The summed E-state index contributed by atoms with van der Waals surface area (Å²) >= 11 is 9.45. The summed E-state index contributed by atoms with van der Waals surface area (Å²) in [4.78, 5) is 0.0877. The standard InChI is InChI=1S/C12H10BrClO/c1-8-6-7-15-12(8)11(13)9-2-4-10(14)5-3-9/h2-7,11H,1H3. The summed E-state index contributed by atoms with van der Waals surface area (Å²) in [6.07, 6.45) is 1.70. The Morgan fingerprint density at radius 3 is 2.40 bits per heavy atom. The van der Waals surface area contributed by atoms with Crippen LogP contribution < -0.4 is 0 Å². The van der Waals surface area contributed by atoms with Gasteiger partial charge in [0.1, 0.15) is 5.76 Å². The number of hydrogen-bond acceptors (Lipinski definition) is 1. The first-order valence-corrected chi connectivity index (χ1v) is 5.91. The minimum atomic E-state index is 0.0877. The third-order valence-corrected chi connectivity index (χ3v) is 3.49. The molecule has 3 heteroatoms. The van der Waals surface area contributed by atoms with Crippen LogP contribution in [0.3, 0.4) is 0 Å². The fourth-order valence-corrected chi connectivity index (χ4v) is 2.33. The van der Waals surface area contributed by atoms with Gasteiger partial charge in [0.15, 0.2) is 0 Å². The Kier molecular flexibility index (Phi) is 3.17. The highest BCUT2D eigenvalue weighted by molar-refractivity contribution is 9.09. The number of hydrogen-bond donors (Lipinski definition) is 0. The third-order valence-electron chi connectivity index (χ3n) is 2.29. The largest absolute Gasteiger partial charge is 0.468 e. The topological polar surface area (TPSA) is 13.1 Å². The summed E-state index contributed by atoms with van der Waals surface area (Å²) in [6.45, 7) is 2.03.